The molecule has 0 amide bonds. The number of ether oxygens (including phenoxy) is 1. The highest BCUT2D eigenvalue weighted by atomic mass is 32.1. The van der Waals surface area contributed by atoms with Crippen molar-refractivity contribution in [3.8, 4) is 5.75 Å². The molecule has 0 aliphatic heterocycles. The zero-order chi connectivity index (χ0) is 15.1. The van der Waals surface area contributed by atoms with Crippen LogP contribution in [0.5, 0.6) is 5.75 Å². The molecule has 4 heteroatoms. The van der Waals surface area contributed by atoms with Crippen LogP contribution >= 0.6 is 11.3 Å². The van der Waals surface area contributed by atoms with Gasteiger partial charge < -0.3 is 9.64 Å². The van der Waals surface area contributed by atoms with Crippen LogP contribution in [0.4, 0.5) is 0 Å². The number of fused-ring (bicyclic) bond motifs is 3. The van der Waals surface area contributed by atoms with Gasteiger partial charge in [0.1, 0.15) is 10.6 Å². The van der Waals surface area contributed by atoms with Crippen molar-refractivity contribution >= 4 is 21.6 Å². The Morgan fingerprint density at radius 1 is 1.18 bits per heavy atom. The number of thiophene rings is 1. The fraction of sp³-hybridized carbons (Fsp3) is 0.611. The molecule has 0 N–H and O–H groups in total. The molecule has 2 heterocycles. The minimum absolute atomic E-state index is 0.374. The predicted octanol–water partition coefficient (Wildman–Crippen LogP) is 4.04. The van der Waals surface area contributed by atoms with E-state index in [-0.39, 0.29) is 0 Å². The molecular formula is C18H24N2OS. The molecule has 0 atom stereocenters. The lowest BCUT2D eigenvalue weighted by Gasteiger charge is -2.32. The largest absolute Gasteiger partial charge is 0.490 e. The van der Waals surface area contributed by atoms with Gasteiger partial charge in [0.2, 0.25) is 0 Å². The molecule has 0 saturated heterocycles. The van der Waals surface area contributed by atoms with Crippen LogP contribution in [0.2, 0.25) is 0 Å². The van der Waals surface area contributed by atoms with E-state index in [1.807, 2.05) is 17.5 Å². The smallest absolute Gasteiger partial charge is 0.131 e. The molecular weight excluding hydrogens is 292 g/mol. The zero-order valence-electron chi connectivity index (χ0n) is 13.5. The summed E-state index contributed by atoms with van der Waals surface area (Å²) in [5, 5.41) is 1.31. The van der Waals surface area contributed by atoms with E-state index in [0.29, 0.717) is 6.10 Å². The summed E-state index contributed by atoms with van der Waals surface area (Å²) in [5.74, 6) is 1.08. The van der Waals surface area contributed by atoms with Gasteiger partial charge in [-0.1, -0.05) is 0 Å². The van der Waals surface area contributed by atoms with E-state index in [9.17, 15) is 0 Å². The van der Waals surface area contributed by atoms with E-state index in [0.717, 1.165) is 11.8 Å². The maximum atomic E-state index is 6.43. The van der Waals surface area contributed by atoms with E-state index in [2.05, 4.69) is 30.0 Å². The van der Waals surface area contributed by atoms with Gasteiger partial charge in [-0.05, 0) is 70.7 Å². The second kappa shape index (κ2) is 5.82. The van der Waals surface area contributed by atoms with Crippen LogP contribution in [0.25, 0.3) is 10.2 Å². The van der Waals surface area contributed by atoms with Crippen molar-refractivity contribution in [2.75, 3.05) is 14.1 Å². The fourth-order valence-electron chi connectivity index (χ4n) is 3.95. The quantitative estimate of drug-likeness (QED) is 0.854. The van der Waals surface area contributed by atoms with Crippen molar-refractivity contribution in [1.82, 2.24) is 9.88 Å². The molecule has 118 valence electrons. The molecule has 0 aromatic carbocycles. The lowest BCUT2D eigenvalue weighted by atomic mass is 9.92. The number of rotatable bonds is 3. The van der Waals surface area contributed by atoms with Gasteiger partial charge in [-0.25, -0.2) is 4.98 Å². The third-order valence-corrected chi connectivity index (χ3v) is 6.43. The monoisotopic (exact) mass is 316 g/mol. The molecule has 2 aromatic heterocycles. The van der Waals surface area contributed by atoms with E-state index in [1.54, 1.807) is 0 Å². The van der Waals surface area contributed by atoms with Crippen molar-refractivity contribution in [1.29, 1.82) is 0 Å². The number of hydrogen-bond donors (Lipinski definition) is 0. The van der Waals surface area contributed by atoms with Crippen LogP contribution in [0.3, 0.4) is 0 Å². The molecule has 22 heavy (non-hydrogen) atoms. The van der Waals surface area contributed by atoms with Crippen molar-refractivity contribution in [2.45, 2.75) is 57.1 Å². The van der Waals surface area contributed by atoms with Crippen LogP contribution in [-0.4, -0.2) is 36.1 Å². The summed E-state index contributed by atoms with van der Waals surface area (Å²) in [7, 11) is 4.37. The Kier molecular flexibility index (Phi) is 3.82. The lowest BCUT2D eigenvalue weighted by molar-refractivity contribution is 0.112. The lowest BCUT2D eigenvalue weighted by Crippen LogP contribution is -2.35. The summed E-state index contributed by atoms with van der Waals surface area (Å²) in [4.78, 5) is 9.63. The SMILES string of the molecule is CN(C)[C@H]1CC[C@H](Oc2ccnc3sc4c(c23)CCC4)CC1. The molecule has 1 saturated carbocycles. The predicted molar refractivity (Wildman–Crippen MR) is 92.0 cm³/mol. The van der Waals surface area contributed by atoms with E-state index in [1.165, 1.54) is 65.6 Å². The normalized spacial score (nSPS) is 24.9. The van der Waals surface area contributed by atoms with Crippen LogP contribution in [-0.2, 0) is 12.8 Å². The molecule has 2 aliphatic rings. The standard InChI is InChI=1S/C18H24N2OS/c1-20(2)12-6-8-13(9-7-12)21-15-10-11-19-18-17(15)14-4-3-5-16(14)22-18/h10-13H,3-9H2,1-2H3/t12-,13-. The van der Waals surface area contributed by atoms with Crippen molar-refractivity contribution in [3.63, 3.8) is 0 Å². The molecule has 1 fully saturated rings. The highest BCUT2D eigenvalue weighted by Gasteiger charge is 2.26. The third-order valence-electron chi connectivity index (χ3n) is 5.23. The number of nitrogens with zero attached hydrogens (tertiary/aromatic N) is 2. The highest BCUT2D eigenvalue weighted by molar-refractivity contribution is 7.19. The van der Waals surface area contributed by atoms with Gasteiger partial charge in [-0.3, -0.25) is 0 Å². The van der Waals surface area contributed by atoms with Gasteiger partial charge in [0, 0.05) is 17.1 Å². The van der Waals surface area contributed by atoms with Gasteiger partial charge in [0.15, 0.2) is 0 Å². The van der Waals surface area contributed by atoms with Gasteiger partial charge in [-0.2, -0.15) is 0 Å². The average molecular weight is 316 g/mol. The molecule has 0 unspecified atom stereocenters. The van der Waals surface area contributed by atoms with Crippen molar-refractivity contribution in [2.24, 2.45) is 0 Å². The van der Waals surface area contributed by atoms with Crippen molar-refractivity contribution in [3.05, 3.63) is 22.7 Å². The Morgan fingerprint density at radius 2 is 2.00 bits per heavy atom. The van der Waals surface area contributed by atoms with Crippen LogP contribution < -0.4 is 4.74 Å². The van der Waals surface area contributed by atoms with E-state index < -0.39 is 0 Å². The molecule has 0 spiro atoms. The topological polar surface area (TPSA) is 25.4 Å². The summed E-state index contributed by atoms with van der Waals surface area (Å²) in [6.45, 7) is 0. The Labute approximate surface area is 136 Å². The summed E-state index contributed by atoms with van der Waals surface area (Å²) >= 11 is 1.87. The summed E-state index contributed by atoms with van der Waals surface area (Å²) in [6, 6.07) is 2.80. The van der Waals surface area contributed by atoms with Crippen LogP contribution in [0, 0.1) is 0 Å². The second-order valence-electron chi connectivity index (χ2n) is 6.86. The molecule has 2 aliphatic carbocycles. The molecule has 0 radical (unpaired) electrons. The first kappa shape index (κ1) is 14.5. The van der Waals surface area contributed by atoms with E-state index in [4.69, 9.17) is 4.74 Å². The number of aryl methyl sites for hydroxylation is 2. The number of aromatic nitrogens is 1. The first-order chi connectivity index (χ1) is 10.7. The zero-order valence-corrected chi connectivity index (χ0v) is 14.3. The Bertz CT molecular complexity index is 671. The minimum atomic E-state index is 0.374. The first-order valence-electron chi connectivity index (χ1n) is 8.44. The van der Waals surface area contributed by atoms with Gasteiger partial charge in [-0.15, -0.1) is 11.3 Å². The second-order valence-corrected chi connectivity index (χ2v) is 7.94. The molecule has 2 aromatic rings. The Hall–Kier alpha value is -1.13. The van der Waals surface area contributed by atoms with Crippen LogP contribution in [0.1, 0.15) is 42.5 Å². The summed E-state index contributed by atoms with van der Waals surface area (Å²) in [6.07, 6.45) is 10.8. The highest BCUT2D eigenvalue weighted by Crippen LogP contribution is 2.41. The van der Waals surface area contributed by atoms with Crippen molar-refractivity contribution < 1.29 is 4.74 Å². The van der Waals surface area contributed by atoms with Gasteiger partial charge in [0.05, 0.1) is 11.5 Å². The maximum Gasteiger partial charge on any atom is 0.131 e. The summed E-state index contributed by atoms with van der Waals surface area (Å²) < 4.78 is 6.43. The number of pyridine rings is 1. The van der Waals surface area contributed by atoms with Crippen LogP contribution in [0.15, 0.2) is 12.3 Å². The first-order valence-corrected chi connectivity index (χ1v) is 9.26. The molecule has 3 nitrogen and oxygen atoms in total. The molecule has 0 bridgehead atoms. The maximum absolute atomic E-state index is 6.43. The Balaban J connectivity index is 1.55. The minimum Gasteiger partial charge on any atom is -0.490 e. The third kappa shape index (κ3) is 2.52. The van der Waals surface area contributed by atoms with Gasteiger partial charge >= 0.3 is 0 Å². The average Bonchev–Trinajstić information content (AvgIpc) is 3.08. The van der Waals surface area contributed by atoms with E-state index >= 15 is 0 Å². The molecule has 4 rings (SSSR count). The Morgan fingerprint density at radius 3 is 2.77 bits per heavy atom. The number of hydrogen-bond acceptors (Lipinski definition) is 4. The van der Waals surface area contributed by atoms with Gasteiger partial charge in [0.25, 0.3) is 0 Å². The fourth-order valence-corrected chi connectivity index (χ4v) is 5.19. The summed E-state index contributed by atoms with van der Waals surface area (Å²) in [5.41, 5.74) is 1.52.